The fourth-order valence-electron chi connectivity index (χ4n) is 3.07. The summed E-state index contributed by atoms with van der Waals surface area (Å²) in [6.07, 6.45) is 1.21. The third-order valence-electron chi connectivity index (χ3n) is 4.68. The zero-order chi connectivity index (χ0) is 19.6. The van der Waals surface area contributed by atoms with E-state index < -0.39 is 0 Å². The Bertz CT molecular complexity index is 847. The van der Waals surface area contributed by atoms with E-state index >= 15 is 0 Å². The molecule has 27 heavy (non-hydrogen) atoms. The molecule has 0 unspecified atom stereocenters. The van der Waals surface area contributed by atoms with Gasteiger partial charge in [0, 0.05) is 38.7 Å². The molecule has 1 fully saturated rings. The molecule has 0 spiro atoms. The summed E-state index contributed by atoms with van der Waals surface area (Å²) in [6.45, 7) is 1.02. The molecule has 0 N–H and O–H groups in total. The Kier molecular flexibility index (Phi) is 5.97. The minimum absolute atomic E-state index is 0.0378. The van der Waals surface area contributed by atoms with E-state index in [0.717, 1.165) is 0 Å². The van der Waals surface area contributed by atoms with Gasteiger partial charge in [-0.25, -0.2) is 0 Å². The number of amides is 1. The van der Waals surface area contributed by atoms with Gasteiger partial charge in [0.05, 0.1) is 10.0 Å². The SMILES string of the molecule is CN(C)c1ccc(C(=O)N2CCC(C(=O)c3ccc(Cl)c(Cl)c3)CC2)nn1. The van der Waals surface area contributed by atoms with Crippen LogP contribution in [-0.4, -0.2) is 54.0 Å². The third-order valence-corrected chi connectivity index (χ3v) is 5.42. The van der Waals surface area contributed by atoms with E-state index in [1.54, 1.807) is 35.2 Å². The van der Waals surface area contributed by atoms with Gasteiger partial charge in [-0.05, 0) is 43.2 Å². The van der Waals surface area contributed by atoms with Crippen LogP contribution in [0.2, 0.25) is 10.0 Å². The number of anilines is 1. The molecule has 0 bridgehead atoms. The molecule has 8 heteroatoms. The molecule has 6 nitrogen and oxygen atoms in total. The van der Waals surface area contributed by atoms with Crippen LogP contribution in [0.25, 0.3) is 0 Å². The van der Waals surface area contributed by atoms with Crippen LogP contribution >= 0.6 is 23.2 Å². The summed E-state index contributed by atoms with van der Waals surface area (Å²) in [4.78, 5) is 28.8. The van der Waals surface area contributed by atoms with Gasteiger partial charge in [-0.15, -0.1) is 10.2 Å². The van der Waals surface area contributed by atoms with Crippen LogP contribution in [0, 0.1) is 5.92 Å². The van der Waals surface area contributed by atoms with Crippen molar-refractivity contribution >= 4 is 40.7 Å². The van der Waals surface area contributed by atoms with Crippen molar-refractivity contribution in [3.63, 3.8) is 0 Å². The fraction of sp³-hybridized carbons (Fsp3) is 0.368. The molecule has 0 radical (unpaired) electrons. The Morgan fingerprint density at radius 3 is 2.30 bits per heavy atom. The molecule has 1 amide bonds. The quantitative estimate of drug-likeness (QED) is 0.725. The average molecular weight is 407 g/mol. The van der Waals surface area contributed by atoms with Gasteiger partial charge in [0.2, 0.25) is 0 Å². The maximum absolute atomic E-state index is 12.7. The van der Waals surface area contributed by atoms with Crippen LogP contribution in [0.3, 0.4) is 0 Å². The molecule has 0 saturated carbocycles. The van der Waals surface area contributed by atoms with E-state index in [4.69, 9.17) is 23.2 Å². The molecule has 3 rings (SSSR count). The maximum Gasteiger partial charge on any atom is 0.274 e. The number of piperidine rings is 1. The average Bonchev–Trinajstić information content (AvgIpc) is 2.69. The van der Waals surface area contributed by atoms with Crippen molar-refractivity contribution in [1.82, 2.24) is 15.1 Å². The number of halogens is 2. The molecule has 1 saturated heterocycles. The second kappa shape index (κ2) is 8.23. The first-order valence-corrected chi connectivity index (χ1v) is 9.42. The molecule has 1 aromatic heterocycles. The number of likely N-dealkylation sites (tertiary alicyclic amines) is 1. The molecular formula is C19H20Cl2N4O2. The summed E-state index contributed by atoms with van der Waals surface area (Å²) in [5, 5.41) is 8.86. The van der Waals surface area contributed by atoms with Crippen LogP contribution in [-0.2, 0) is 0 Å². The number of benzene rings is 1. The normalized spacial score (nSPS) is 14.9. The fourth-order valence-corrected chi connectivity index (χ4v) is 3.37. The second-order valence-electron chi connectivity index (χ2n) is 6.73. The summed E-state index contributed by atoms with van der Waals surface area (Å²) in [5.41, 5.74) is 0.870. The third kappa shape index (κ3) is 4.39. The van der Waals surface area contributed by atoms with Gasteiger partial charge in [0.15, 0.2) is 17.3 Å². The van der Waals surface area contributed by atoms with Gasteiger partial charge in [-0.1, -0.05) is 23.2 Å². The highest BCUT2D eigenvalue weighted by Gasteiger charge is 2.29. The van der Waals surface area contributed by atoms with Gasteiger partial charge >= 0.3 is 0 Å². The van der Waals surface area contributed by atoms with Crippen LogP contribution in [0.5, 0.6) is 0 Å². The van der Waals surface area contributed by atoms with E-state index in [9.17, 15) is 9.59 Å². The van der Waals surface area contributed by atoms with E-state index in [1.807, 2.05) is 19.0 Å². The number of aromatic nitrogens is 2. The molecule has 142 valence electrons. The Morgan fingerprint density at radius 2 is 1.74 bits per heavy atom. The highest BCUT2D eigenvalue weighted by molar-refractivity contribution is 6.42. The molecule has 2 aromatic rings. The Morgan fingerprint density at radius 1 is 1.04 bits per heavy atom. The number of hydrogen-bond acceptors (Lipinski definition) is 5. The predicted molar refractivity (Wildman–Crippen MR) is 106 cm³/mol. The topological polar surface area (TPSA) is 66.4 Å². The first kappa shape index (κ1) is 19.6. The monoisotopic (exact) mass is 406 g/mol. The van der Waals surface area contributed by atoms with E-state index in [0.29, 0.717) is 53.1 Å². The lowest BCUT2D eigenvalue weighted by Gasteiger charge is -2.31. The van der Waals surface area contributed by atoms with E-state index in [-0.39, 0.29) is 17.6 Å². The predicted octanol–water partition coefficient (Wildman–Crippen LogP) is 3.58. The molecular weight excluding hydrogens is 387 g/mol. The van der Waals surface area contributed by atoms with Crippen molar-refractivity contribution in [2.24, 2.45) is 5.92 Å². The van der Waals surface area contributed by atoms with Gasteiger partial charge < -0.3 is 9.80 Å². The number of nitrogens with zero attached hydrogens (tertiary/aromatic N) is 4. The minimum Gasteiger partial charge on any atom is -0.361 e. The lowest BCUT2D eigenvalue weighted by Crippen LogP contribution is -2.40. The zero-order valence-corrected chi connectivity index (χ0v) is 16.7. The van der Waals surface area contributed by atoms with Crippen molar-refractivity contribution in [2.75, 3.05) is 32.1 Å². The molecule has 1 aromatic carbocycles. The summed E-state index contributed by atoms with van der Waals surface area (Å²) in [7, 11) is 3.72. The highest BCUT2D eigenvalue weighted by Crippen LogP contribution is 2.27. The van der Waals surface area contributed by atoms with Crippen molar-refractivity contribution in [2.45, 2.75) is 12.8 Å². The number of rotatable bonds is 4. The first-order chi connectivity index (χ1) is 12.9. The lowest BCUT2D eigenvalue weighted by atomic mass is 9.89. The summed E-state index contributed by atoms with van der Waals surface area (Å²) >= 11 is 11.9. The second-order valence-corrected chi connectivity index (χ2v) is 7.55. The molecule has 1 aliphatic rings. The largest absolute Gasteiger partial charge is 0.361 e. The number of carbonyl (C=O) groups excluding carboxylic acids is 2. The molecule has 1 aliphatic heterocycles. The van der Waals surface area contributed by atoms with Crippen LogP contribution in [0.1, 0.15) is 33.7 Å². The van der Waals surface area contributed by atoms with Crippen molar-refractivity contribution in [3.05, 3.63) is 51.6 Å². The highest BCUT2D eigenvalue weighted by atomic mass is 35.5. The summed E-state index contributed by atoms with van der Waals surface area (Å²) in [6, 6.07) is 8.37. The number of Topliss-reactive ketones (excluding diaryl/α,β-unsaturated/α-hetero) is 1. The van der Waals surface area contributed by atoms with Crippen LogP contribution in [0.15, 0.2) is 30.3 Å². The van der Waals surface area contributed by atoms with Crippen LogP contribution < -0.4 is 4.90 Å². The summed E-state index contributed by atoms with van der Waals surface area (Å²) in [5.74, 6) is 0.440. The van der Waals surface area contributed by atoms with Gasteiger partial charge in [0.1, 0.15) is 0 Å². The smallest absolute Gasteiger partial charge is 0.274 e. The van der Waals surface area contributed by atoms with Crippen molar-refractivity contribution < 1.29 is 9.59 Å². The van der Waals surface area contributed by atoms with Crippen molar-refractivity contribution in [3.8, 4) is 0 Å². The van der Waals surface area contributed by atoms with Crippen molar-refractivity contribution in [1.29, 1.82) is 0 Å². The van der Waals surface area contributed by atoms with E-state index in [1.165, 1.54) is 0 Å². The van der Waals surface area contributed by atoms with E-state index in [2.05, 4.69) is 10.2 Å². The van der Waals surface area contributed by atoms with Gasteiger partial charge in [-0.2, -0.15) is 0 Å². The number of ketones is 1. The Balaban J connectivity index is 1.61. The molecule has 2 heterocycles. The van der Waals surface area contributed by atoms with Crippen LogP contribution in [0.4, 0.5) is 5.82 Å². The van der Waals surface area contributed by atoms with Gasteiger partial charge in [-0.3, -0.25) is 9.59 Å². The Labute approximate surface area is 168 Å². The summed E-state index contributed by atoms with van der Waals surface area (Å²) < 4.78 is 0. The maximum atomic E-state index is 12.7. The first-order valence-electron chi connectivity index (χ1n) is 8.66. The molecule has 0 aliphatic carbocycles. The number of hydrogen-bond donors (Lipinski definition) is 0. The lowest BCUT2D eigenvalue weighted by molar-refractivity contribution is 0.0644. The molecule has 0 atom stereocenters. The number of carbonyl (C=O) groups is 2. The minimum atomic E-state index is -0.159. The van der Waals surface area contributed by atoms with Gasteiger partial charge in [0.25, 0.3) is 5.91 Å². The Hall–Kier alpha value is -2.18. The standard InChI is InChI=1S/C19H20Cl2N4O2/c1-24(2)17-6-5-16(22-23-17)19(27)25-9-7-12(8-10-25)18(26)13-3-4-14(20)15(21)11-13/h3-6,11-12H,7-10H2,1-2H3. The zero-order valence-electron chi connectivity index (χ0n) is 15.2.